The Morgan fingerprint density at radius 2 is 1.96 bits per heavy atom. The van der Waals surface area contributed by atoms with Crippen LogP contribution in [0.3, 0.4) is 0 Å². The van der Waals surface area contributed by atoms with E-state index in [1.807, 2.05) is 19.1 Å². The third-order valence-electron chi connectivity index (χ3n) is 5.12. The molecule has 0 unspecified atom stereocenters. The molecular formula is C20H19NO2. The molecule has 3 atom stereocenters. The van der Waals surface area contributed by atoms with Crippen molar-refractivity contribution in [2.45, 2.75) is 25.3 Å². The Morgan fingerprint density at radius 3 is 2.70 bits per heavy atom. The summed E-state index contributed by atoms with van der Waals surface area (Å²) >= 11 is 0. The zero-order valence-corrected chi connectivity index (χ0v) is 13.0. The molecule has 3 nitrogen and oxygen atoms in total. The third-order valence-corrected chi connectivity index (χ3v) is 5.12. The number of rotatable bonds is 2. The van der Waals surface area contributed by atoms with E-state index in [0.29, 0.717) is 11.5 Å². The summed E-state index contributed by atoms with van der Waals surface area (Å²) in [4.78, 5) is 11.7. The maximum absolute atomic E-state index is 11.7. The summed E-state index contributed by atoms with van der Waals surface area (Å²) in [6, 6.07) is 14.3. The zero-order chi connectivity index (χ0) is 16.0. The molecule has 1 heterocycles. The number of carboxylic acid groups (broad SMARTS) is 1. The Labute approximate surface area is 135 Å². The van der Waals surface area contributed by atoms with Gasteiger partial charge in [0, 0.05) is 11.6 Å². The van der Waals surface area contributed by atoms with Crippen molar-refractivity contribution in [1.82, 2.24) is 0 Å². The number of carboxylic acids is 1. The SMILES string of the molecule is Cc1ccc(C(=O)O)c2c1N[C@H](c1ccccc1)[C@@H]1CC=C[C@H]21. The number of aromatic carboxylic acids is 1. The number of carbonyl (C=O) groups is 1. The molecule has 2 aromatic carbocycles. The highest BCUT2D eigenvalue weighted by molar-refractivity contribution is 5.93. The summed E-state index contributed by atoms with van der Waals surface area (Å²) in [6.45, 7) is 2.04. The average molecular weight is 305 g/mol. The number of fused-ring (bicyclic) bond motifs is 3. The maximum atomic E-state index is 11.7. The number of allylic oxidation sites excluding steroid dienone is 2. The number of aryl methyl sites for hydroxylation is 1. The second kappa shape index (κ2) is 5.27. The lowest BCUT2D eigenvalue weighted by Crippen LogP contribution is -2.31. The van der Waals surface area contributed by atoms with E-state index in [1.54, 1.807) is 6.07 Å². The lowest BCUT2D eigenvalue weighted by molar-refractivity contribution is 0.0695. The van der Waals surface area contributed by atoms with E-state index < -0.39 is 5.97 Å². The van der Waals surface area contributed by atoms with Crippen LogP contribution in [-0.4, -0.2) is 11.1 Å². The molecule has 0 radical (unpaired) electrons. The predicted molar refractivity (Wildman–Crippen MR) is 90.9 cm³/mol. The van der Waals surface area contributed by atoms with E-state index in [9.17, 15) is 9.90 Å². The van der Waals surface area contributed by atoms with Crippen molar-refractivity contribution in [1.29, 1.82) is 0 Å². The fraction of sp³-hybridized carbons (Fsp3) is 0.250. The Balaban J connectivity index is 1.89. The van der Waals surface area contributed by atoms with Gasteiger partial charge < -0.3 is 10.4 Å². The largest absolute Gasteiger partial charge is 0.478 e. The Morgan fingerprint density at radius 1 is 1.17 bits per heavy atom. The van der Waals surface area contributed by atoms with E-state index in [2.05, 4.69) is 41.7 Å². The van der Waals surface area contributed by atoms with Crippen molar-refractivity contribution >= 4 is 11.7 Å². The summed E-state index contributed by atoms with van der Waals surface area (Å²) in [5, 5.41) is 13.2. The molecule has 1 aliphatic heterocycles. The molecule has 2 N–H and O–H groups in total. The molecule has 4 rings (SSSR count). The Hall–Kier alpha value is -2.55. The topological polar surface area (TPSA) is 49.3 Å². The van der Waals surface area contributed by atoms with Crippen LogP contribution >= 0.6 is 0 Å². The van der Waals surface area contributed by atoms with E-state index in [-0.39, 0.29) is 12.0 Å². The van der Waals surface area contributed by atoms with Crippen LogP contribution in [0.25, 0.3) is 0 Å². The Bertz CT molecular complexity index is 795. The van der Waals surface area contributed by atoms with Crippen LogP contribution in [0.1, 0.15) is 45.4 Å². The van der Waals surface area contributed by atoms with Gasteiger partial charge in [-0.15, -0.1) is 0 Å². The molecule has 1 aliphatic carbocycles. The van der Waals surface area contributed by atoms with Gasteiger partial charge in [-0.1, -0.05) is 48.6 Å². The summed E-state index contributed by atoms with van der Waals surface area (Å²) < 4.78 is 0. The molecule has 23 heavy (non-hydrogen) atoms. The van der Waals surface area contributed by atoms with Crippen LogP contribution < -0.4 is 5.32 Å². The van der Waals surface area contributed by atoms with E-state index in [0.717, 1.165) is 23.2 Å². The van der Waals surface area contributed by atoms with Gasteiger partial charge in [-0.05, 0) is 42.0 Å². The molecule has 0 aromatic heterocycles. The van der Waals surface area contributed by atoms with E-state index in [4.69, 9.17) is 0 Å². The van der Waals surface area contributed by atoms with Crippen molar-refractivity contribution in [2.75, 3.05) is 5.32 Å². The molecule has 0 spiro atoms. The first-order valence-corrected chi connectivity index (χ1v) is 8.01. The third kappa shape index (κ3) is 2.15. The second-order valence-electron chi connectivity index (χ2n) is 6.41. The van der Waals surface area contributed by atoms with Gasteiger partial charge in [-0.2, -0.15) is 0 Å². The van der Waals surface area contributed by atoms with E-state index >= 15 is 0 Å². The highest BCUT2D eigenvalue weighted by Crippen LogP contribution is 2.51. The van der Waals surface area contributed by atoms with Gasteiger partial charge >= 0.3 is 5.97 Å². The number of hydrogen-bond acceptors (Lipinski definition) is 2. The molecule has 0 bridgehead atoms. The van der Waals surface area contributed by atoms with Crippen LogP contribution in [0.5, 0.6) is 0 Å². The first-order chi connectivity index (χ1) is 11.2. The molecule has 0 saturated carbocycles. The molecule has 2 aliphatic rings. The van der Waals surface area contributed by atoms with Crippen molar-refractivity contribution in [2.24, 2.45) is 5.92 Å². The lowest BCUT2D eigenvalue weighted by Gasteiger charge is -2.39. The van der Waals surface area contributed by atoms with Crippen molar-refractivity contribution in [3.8, 4) is 0 Å². The van der Waals surface area contributed by atoms with Gasteiger partial charge in [0.25, 0.3) is 0 Å². The van der Waals surface area contributed by atoms with Crippen LogP contribution in [0.2, 0.25) is 0 Å². The molecular weight excluding hydrogens is 286 g/mol. The highest BCUT2D eigenvalue weighted by atomic mass is 16.4. The van der Waals surface area contributed by atoms with Gasteiger partial charge in [0.15, 0.2) is 0 Å². The lowest BCUT2D eigenvalue weighted by atomic mass is 9.75. The van der Waals surface area contributed by atoms with Gasteiger partial charge in [-0.25, -0.2) is 4.79 Å². The van der Waals surface area contributed by atoms with Crippen LogP contribution in [0.4, 0.5) is 5.69 Å². The smallest absolute Gasteiger partial charge is 0.336 e. The van der Waals surface area contributed by atoms with Crippen LogP contribution in [-0.2, 0) is 0 Å². The quantitative estimate of drug-likeness (QED) is 0.802. The van der Waals surface area contributed by atoms with Gasteiger partial charge in [0.05, 0.1) is 11.6 Å². The summed E-state index contributed by atoms with van der Waals surface area (Å²) in [5.41, 5.74) is 4.72. The summed E-state index contributed by atoms with van der Waals surface area (Å²) in [5.74, 6) is -0.312. The molecule has 2 aromatic rings. The number of hydrogen-bond donors (Lipinski definition) is 2. The molecule has 3 heteroatoms. The zero-order valence-electron chi connectivity index (χ0n) is 13.0. The van der Waals surface area contributed by atoms with Crippen LogP contribution in [0, 0.1) is 12.8 Å². The van der Waals surface area contributed by atoms with Gasteiger partial charge in [-0.3, -0.25) is 0 Å². The van der Waals surface area contributed by atoms with Crippen molar-refractivity contribution in [3.05, 3.63) is 76.9 Å². The highest BCUT2D eigenvalue weighted by Gasteiger charge is 2.40. The monoisotopic (exact) mass is 305 g/mol. The number of benzene rings is 2. The minimum absolute atomic E-state index is 0.169. The fourth-order valence-corrected chi connectivity index (χ4v) is 4.03. The number of anilines is 1. The van der Waals surface area contributed by atoms with Crippen LogP contribution in [0.15, 0.2) is 54.6 Å². The molecule has 0 amide bonds. The molecule has 116 valence electrons. The minimum atomic E-state index is -0.847. The second-order valence-corrected chi connectivity index (χ2v) is 6.41. The van der Waals surface area contributed by atoms with E-state index in [1.165, 1.54) is 5.56 Å². The minimum Gasteiger partial charge on any atom is -0.478 e. The fourth-order valence-electron chi connectivity index (χ4n) is 4.03. The molecule has 0 saturated heterocycles. The van der Waals surface area contributed by atoms with Gasteiger partial charge in [0.2, 0.25) is 0 Å². The molecule has 0 fully saturated rings. The predicted octanol–water partition coefficient (Wildman–Crippen LogP) is 4.52. The van der Waals surface area contributed by atoms with Crippen molar-refractivity contribution < 1.29 is 9.90 Å². The normalized spacial score (nSPS) is 24.7. The Kier molecular flexibility index (Phi) is 3.22. The maximum Gasteiger partial charge on any atom is 0.336 e. The average Bonchev–Trinajstić information content (AvgIpc) is 3.05. The summed E-state index contributed by atoms with van der Waals surface area (Å²) in [7, 11) is 0. The first kappa shape index (κ1) is 14.1. The van der Waals surface area contributed by atoms with Crippen molar-refractivity contribution in [3.63, 3.8) is 0 Å². The summed E-state index contributed by atoms with van der Waals surface area (Å²) in [6.07, 6.45) is 5.35. The standard InChI is InChI=1S/C20H19NO2/c1-12-10-11-16(20(22)23)17-14-8-5-9-15(14)19(21-18(12)17)13-6-3-2-4-7-13/h2-8,10-11,14-15,19,21H,9H2,1H3,(H,22,23)/t14-,15+,19+/m0/s1. The first-order valence-electron chi connectivity index (χ1n) is 8.01. The van der Waals surface area contributed by atoms with Gasteiger partial charge in [0.1, 0.15) is 0 Å². The number of nitrogens with one attached hydrogen (secondary N) is 1.